The maximum absolute atomic E-state index is 12.5. The average Bonchev–Trinajstić information content (AvgIpc) is 3.35. The highest BCUT2D eigenvalue weighted by Gasteiger charge is 2.48. The fraction of sp³-hybridized carbons (Fsp3) is 0.526. The second-order valence-corrected chi connectivity index (χ2v) is 7.82. The second kappa shape index (κ2) is 8.61. The number of nitrogens with zero attached hydrogens (tertiary/aromatic N) is 5. The zero-order chi connectivity index (χ0) is 22.8. The topological polar surface area (TPSA) is 113 Å². The summed E-state index contributed by atoms with van der Waals surface area (Å²) in [5, 5.41) is 11.2. The monoisotopic (exact) mass is 441 g/mol. The predicted octanol–water partition coefficient (Wildman–Crippen LogP) is 2.34. The van der Waals surface area contributed by atoms with Crippen LogP contribution in [0.1, 0.15) is 29.9 Å². The van der Waals surface area contributed by atoms with E-state index in [4.69, 9.17) is 14.4 Å². The van der Waals surface area contributed by atoms with Crippen LogP contribution in [0.3, 0.4) is 0 Å². The first-order valence-electron chi connectivity index (χ1n) is 9.50. The quantitative estimate of drug-likeness (QED) is 0.773. The van der Waals surface area contributed by atoms with Crippen LogP contribution in [0.4, 0.5) is 18.9 Å². The summed E-state index contributed by atoms with van der Waals surface area (Å²) >= 11 is 0. The van der Waals surface area contributed by atoms with Crippen LogP contribution in [0.25, 0.3) is 0 Å². The number of aromatic nitrogens is 3. The van der Waals surface area contributed by atoms with Crippen molar-refractivity contribution in [3.05, 3.63) is 35.7 Å². The standard InChI is InChI=1S/C17H21N5O2.C2HF3O2/c1-12-15(13(2)24-20-12)8-21-4-3-17(9-21)5-16(23)22(10-17)14-6-18-11-19-7-14;3-2(4,5)1(6)7/h6-7,11H,3-5,8-10H2,1-2H3;(H,6,7). The molecule has 31 heavy (non-hydrogen) atoms. The minimum Gasteiger partial charge on any atom is -0.475 e. The molecule has 4 heterocycles. The second-order valence-electron chi connectivity index (χ2n) is 7.82. The fourth-order valence-electron chi connectivity index (χ4n) is 3.95. The maximum Gasteiger partial charge on any atom is 0.490 e. The third-order valence-electron chi connectivity index (χ3n) is 5.50. The van der Waals surface area contributed by atoms with E-state index in [1.165, 1.54) is 11.9 Å². The zero-order valence-corrected chi connectivity index (χ0v) is 17.0. The van der Waals surface area contributed by atoms with Crippen molar-refractivity contribution >= 4 is 17.6 Å². The molecule has 0 aromatic carbocycles. The van der Waals surface area contributed by atoms with Crippen LogP contribution >= 0.6 is 0 Å². The molecule has 9 nitrogen and oxygen atoms in total. The molecule has 1 amide bonds. The molecule has 168 valence electrons. The molecule has 2 saturated heterocycles. The first-order valence-corrected chi connectivity index (χ1v) is 9.50. The van der Waals surface area contributed by atoms with Crippen molar-refractivity contribution in [3.8, 4) is 0 Å². The number of anilines is 1. The fourth-order valence-corrected chi connectivity index (χ4v) is 3.95. The Hall–Kier alpha value is -3.02. The molecule has 1 unspecified atom stereocenters. The number of carbonyl (C=O) groups is 2. The Morgan fingerprint density at radius 3 is 2.45 bits per heavy atom. The molecule has 2 fully saturated rings. The van der Waals surface area contributed by atoms with Gasteiger partial charge in [-0.15, -0.1) is 0 Å². The van der Waals surface area contributed by atoms with E-state index in [2.05, 4.69) is 20.0 Å². The Labute approximate surface area is 175 Å². The number of hydrogen-bond acceptors (Lipinski definition) is 7. The third-order valence-corrected chi connectivity index (χ3v) is 5.50. The first kappa shape index (κ1) is 22.7. The van der Waals surface area contributed by atoms with Gasteiger partial charge in [0.15, 0.2) is 0 Å². The van der Waals surface area contributed by atoms with Gasteiger partial charge in [0.2, 0.25) is 5.91 Å². The van der Waals surface area contributed by atoms with Gasteiger partial charge in [-0.2, -0.15) is 13.2 Å². The van der Waals surface area contributed by atoms with Gasteiger partial charge in [-0.1, -0.05) is 5.16 Å². The molecule has 2 aliphatic rings. The van der Waals surface area contributed by atoms with Gasteiger partial charge in [-0.05, 0) is 26.8 Å². The molecule has 1 N–H and O–H groups in total. The van der Waals surface area contributed by atoms with Gasteiger partial charge in [-0.3, -0.25) is 9.69 Å². The summed E-state index contributed by atoms with van der Waals surface area (Å²) in [6, 6.07) is 0. The highest BCUT2D eigenvalue weighted by molar-refractivity contribution is 5.96. The summed E-state index contributed by atoms with van der Waals surface area (Å²) in [6.07, 6.45) is 1.45. The summed E-state index contributed by atoms with van der Waals surface area (Å²) < 4.78 is 37.0. The number of carboxylic acid groups (broad SMARTS) is 1. The maximum atomic E-state index is 12.5. The molecule has 1 atom stereocenters. The number of amides is 1. The van der Waals surface area contributed by atoms with Crippen molar-refractivity contribution < 1.29 is 32.4 Å². The van der Waals surface area contributed by atoms with E-state index in [0.717, 1.165) is 49.7 Å². The lowest BCUT2D eigenvalue weighted by molar-refractivity contribution is -0.192. The Kier molecular flexibility index (Phi) is 6.30. The Morgan fingerprint density at radius 1 is 1.26 bits per heavy atom. The lowest BCUT2D eigenvalue weighted by atomic mass is 9.86. The largest absolute Gasteiger partial charge is 0.490 e. The van der Waals surface area contributed by atoms with Crippen molar-refractivity contribution in [2.24, 2.45) is 5.41 Å². The number of halogens is 3. The molecule has 0 radical (unpaired) electrons. The van der Waals surface area contributed by atoms with E-state index < -0.39 is 12.1 Å². The van der Waals surface area contributed by atoms with Crippen molar-refractivity contribution in [3.63, 3.8) is 0 Å². The molecule has 12 heteroatoms. The Morgan fingerprint density at radius 2 is 1.90 bits per heavy atom. The molecular weight excluding hydrogens is 419 g/mol. The van der Waals surface area contributed by atoms with Crippen molar-refractivity contribution in [2.75, 3.05) is 24.5 Å². The van der Waals surface area contributed by atoms with Gasteiger partial charge < -0.3 is 14.5 Å². The SMILES string of the molecule is Cc1noc(C)c1CN1CCC2(CC(=O)N(c3cncnc3)C2)C1.O=C(O)C(F)(F)F. The first-order chi connectivity index (χ1) is 14.5. The number of carbonyl (C=O) groups excluding carboxylic acids is 1. The molecule has 2 aromatic rings. The van der Waals surface area contributed by atoms with Crippen LogP contribution in [0, 0.1) is 19.3 Å². The summed E-state index contributed by atoms with van der Waals surface area (Å²) in [5.74, 6) is -1.70. The number of alkyl halides is 3. The van der Waals surface area contributed by atoms with E-state index in [0.29, 0.717) is 6.42 Å². The molecule has 0 aliphatic carbocycles. The van der Waals surface area contributed by atoms with E-state index in [1.807, 2.05) is 18.7 Å². The summed E-state index contributed by atoms with van der Waals surface area (Å²) in [5.41, 5.74) is 2.96. The van der Waals surface area contributed by atoms with Gasteiger partial charge >= 0.3 is 12.1 Å². The highest BCUT2D eigenvalue weighted by atomic mass is 19.4. The number of likely N-dealkylation sites (tertiary alicyclic amines) is 1. The van der Waals surface area contributed by atoms with E-state index in [-0.39, 0.29) is 11.3 Å². The van der Waals surface area contributed by atoms with Gasteiger partial charge in [0.1, 0.15) is 12.1 Å². The number of rotatable bonds is 3. The van der Waals surface area contributed by atoms with E-state index in [1.54, 1.807) is 12.4 Å². The normalized spacial score (nSPS) is 21.5. The van der Waals surface area contributed by atoms with Gasteiger partial charge in [0.05, 0.1) is 23.8 Å². The average molecular weight is 441 g/mol. The number of carboxylic acids is 1. The van der Waals surface area contributed by atoms with Crippen LogP contribution in [-0.2, 0) is 16.1 Å². The summed E-state index contributed by atoms with van der Waals surface area (Å²) in [6.45, 7) is 7.44. The lowest BCUT2D eigenvalue weighted by Gasteiger charge is -2.24. The highest BCUT2D eigenvalue weighted by Crippen LogP contribution is 2.42. The molecule has 0 saturated carbocycles. The molecule has 2 aliphatic heterocycles. The van der Waals surface area contributed by atoms with Crippen LogP contribution in [0.5, 0.6) is 0 Å². The number of aryl methyl sites for hydroxylation is 2. The Bertz CT molecular complexity index is 930. The van der Waals surface area contributed by atoms with Gasteiger partial charge in [0, 0.05) is 37.0 Å². The molecular formula is C19H22F3N5O4. The molecule has 0 bridgehead atoms. The Balaban J connectivity index is 0.000000339. The zero-order valence-electron chi connectivity index (χ0n) is 17.0. The van der Waals surface area contributed by atoms with E-state index in [9.17, 15) is 18.0 Å². The minimum absolute atomic E-state index is 0.0336. The minimum atomic E-state index is -5.08. The lowest BCUT2D eigenvalue weighted by Crippen LogP contribution is -2.31. The number of hydrogen-bond donors (Lipinski definition) is 1. The predicted molar refractivity (Wildman–Crippen MR) is 101 cm³/mol. The van der Waals surface area contributed by atoms with Gasteiger partial charge in [-0.25, -0.2) is 14.8 Å². The molecule has 2 aromatic heterocycles. The van der Waals surface area contributed by atoms with Crippen molar-refractivity contribution in [1.29, 1.82) is 0 Å². The van der Waals surface area contributed by atoms with Crippen LogP contribution in [0.2, 0.25) is 0 Å². The van der Waals surface area contributed by atoms with Crippen LogP contribution in [0.15, 0.2) is 23.2 Å². The molecule has 1 spiro atoms. The summed E-state index contributed by atoms with van der Waals surface area (Å²) in [7, 11) is 0. The van der Waals surface area contributed by atoms with Crippen LogP contribution in [-0.4, -0.2) is 62.8 Å². The van der Waals surface area contributed by atoms with Crippen molar-refractivity contribution in [1.82, 2.24) is 20.0 Å². The van der Waals surface area contributed by atoms with Crippen LogP contribution < -0.4 is 4.90 Å². The number of aliphatic carboxylic acids is 1. The summed E-state index contributed by atoms with van der Waals surface area (Å²) in [4.78, 5) is 33.7. The van der Waals surface area contributed by atoms with E-state index >= 15 is 0 Å². The smallest absolute Gasteiger partial charge is 0.475 e. The third kappa shape index (κ3) is 5.19. The molecule has 4 rings (SSSR count). The van der Waals surface area contributed by atoms with Crippen molar-refractivity contribution in [2.45, 2.75) is 39.4 Å². The van der Waals surface area contributed by atoms with Gasteiger partial charge in [0.25, 0.3) is 0 Å².